The fourth-order valence-electron chi connectivity index (χ4n) is 3.34. The van der Waals surface area contributed by atoms with Crippen molar-refractivity contribution >= 4 is 5.91 Å². The van der Waals surface area contributed by atoms with Crippen molar-refractivity contribution in [2.24, 2.45) is 7.05 Å². The summed E-state index contributed by atoms with van der Waals surface area (Å²) in [6.07, 6.45) is 7.77. The molecule has 0 unspecified atom stereocenters. The van der Waals surface area contributed by atoms with E-state index in [4.69, 9.17) is 0 Å². The minimum absolute atomic E-state index is 0.0893. The van der Waals surface area contributed by atoms with Gasteiger partial charge in [0.1, 0.15) is 0 Å². The van der Waals surface area contributed by atoms with Gasteiger partial charge >= 0.3 is 0 Å². The van der Waals surface area contributed by atoms with Gasteiger partial charge in [0.25, 0.3) is 0 Å². The van der Waals surface area contributed by atoms with Gasteiger partial charge < -0.3 is 4.90 Å². The van der Waals surface area contributed by atoms with E-state index in [-0.39, 0.29) is 18.4 Å². The standard InChI is InChI=1S/C18H20N6O/c1-22-13-14(11-19-22)17-8-5-9-23(17)18(25)10-15-12-20-24(21-15)16-6-3-2-4-7-16/h2-4,6-7,11-13,17H,5,8-10H2,1H3/t17-/m0/s1. The molecule has 7 heteroatoms. The molecule has 1 aliphatic heterocycles. The summed E-state index contributed by atoms with van der Waals surface area (Å²) in [6.45, 7) is 0.783. The summed E-state index contributed by atoms with van der Waals surface area (Å²) in [4.78, 5) is 16.3. The first-order valence-electron chi connectivity index (χ1n) is 8.45. The molecule has 2 aromatic heterocycles. The Morgan fingerprint density at radius 2 is 2.04 bits per heavy atom. The number of para-hydroxylation sites is 1. The van der Waals surface area contributed by atoms with Crippen LogP contribution in [0.2, 0.25) is 0 Å². The van der Waals surface area contributed by atoms with E-state index in [0.29, 0.717) is 5.69 Å². The van der Waals surface area contributed by atoms with Crippen molar-refractivity contribution in [3.8, 4) is 5.69 Å². The van der Waals surface area contributed by atoms with Crippen LogP contribution in [0.1, 0.15) is 30.1 Å². The normalized spacial score (nSPS) is 17.2. The monoisotopic (exact) mass is 336 g/mol. The number of benzene rings is 1. The van der Waals surface area contributed by atoms with E-state index < -0.39 is 0 Å². The van der Waals surface area contributed by atoms with Gasteiger partial charge in [-0.2, -0.15) is 20.1 Å². The second-order valence-electron chi connectivity index (χ2n) is 6.33. The lowest BCUT2D eigenvalue weighted by atomic mass is 10.1. The van der Waals surface area contributed by atoms with E-state index >= 15 is 0 Å². The highest BCUT2D eigenvalue weighted by atomic mass is 16.2. The molecule has 0 N–H and O–H groups in total. The molecule has 128 valence electrons. The molecule has 25 heavy (non-hydrogen) atoms. The second kappa shape index (κ2) is 6.51. The first kappa shape index (κ1) is 15.6. The second-order valence-corrected chi connectivity index (χ2v) is 6.33. The van der Waals surface area contributed by atoms with Crippen LogP contribution in [0.3, 0.4) is 0 Å². The molecule has 1 amide bonds. The number of aromatic nitrogens is 5. The number of carbonyl (C=O) groups excluding carboxylic acids is 1. The Morgan fingerprint density at radius 1 is 1.20 bits per heavy atom. The van der Waals surface area contributed by atoms with E-state index in [2.05, 4.69) is 15.3 Å². The van der Waals surface area contributed by atoms with Gasteiger partial charge in [-0.05, 0) is 25.0 Å². The van der Waals surface area contributed by atoms with E-state index in [1.165, 1.54) is 0 Å². The van der Waals surface area contributed by atoms with E-state index in [9.17, 15) is 4.79 Å². The fourth-order valence-corrected chi connectivity index (χ4v) is 3.34. The Kier molecular flexibility index (Phi) is 4.05. The predicted octanol–water partition coefficient (Wildman–Crippen LogP) is 1.91. The van der Waals surface area contributed by atoms with Crippen molar-refractivity contribution < 1.29 is 4.79 Å². The van der Waals surface area contributed by atoms with Crippen molar-refractivity contribution in [2.45, 2.75) is 25.3 Å². The number of amides is 1. The molecular formula is C18H20N6O. The zero-order valence-corrected chi connectivity index (χ0v) is 14.1. The Bertz CT molecular complexity index is 869. The van der Waals surface area contributed by atoms with Crippen LogP contribution in [0.5, 0.6) is 0 Å². The molecule has 1 saturated heterocycles. The molecule has 3 heterocycles. The molecule has 1 fully saturated rings. The molecule has 3 aromatic rings. The summed E-state index contributed by atoms with van der Waals surface area (Å²) < 4.78 is 1.78. The topological polar surface area (TPSA) is 68.8 Å². The lowest BCUT2D eigenvalue weighted by molar-refractivity contribution is -0.131. The van der Waals surface area contributed by atoms with Crippen LogP contribution in [0.15, 0.2) is 48.9 Å². The number of hydrogen-bond acceptors (Lipinski definition) is 4. The maximum Gasteiger partial charge on any atom is 0.229 e. The zero-order valence-electron chi connectivity index (χ0n) is 14.1. The summed E-state index contributed by atoms with van der Waals surface area (Å²) in [6, 6.07) is 9.81. The summed E-state index contributed by atoms with van der Waals surface area (Å²) in [5.41, 5.74) is 2.67. The third-order valence-corrected chi connectivity index (χ3v) is 4.54. The SMILES string of the molecule is Cn1cc([C@@H]2CCCN2C(=O)Cc2cnn(-c3ccccc3)n2)cn1. The zero-order chi connectivity index (χ0) is 17.2. The van der Waals surface area contributed by atoms with Gasteiger partial charge in [0.15, 0.2) is 0 Å². The van der Waals surface area contributed by atoms with Crippen molar-refractivity contribution in [3.05, 3.63) is 60.2 Å². The van der Waals surface area contributed by atoms with Gasteiger partial charge in [0.05, 0.1) is 36.2 Å². The molecule has 0 saturated carbocycles. The van der Waals surface area contributed by atoms with Gasteiger partial charge in [-0.25, -0.2) is 0 Å². The summed E-state index contributed by atoms with van der Waals surface area (Å²) in [5.74, 6) is 0.0893. The summed E-state index contributed by atoms with van der Waals surface area (Å²) in [7, 11) is 1.90. The highest BCUT2D eigenvalue weighted by Gasteiger charge is 2.31. The lowest BCUT2D eigenvalue weighted by Gasteiger charge is -2.23. The van der Waals surface area contributed by atoms with Gasteiger partial charge in [0, 0.05) is 25.4 Å². The number of rotatable bonds is 4. The molecule has 0 bridgehead atoms. The Morgan fingerprint density at radius 3 is 2.80 bits per heavy atom. The van der Waals surface area contributed by atoms with Crippen LogP contribution >= 0.6 is 0 Å². The predicted molar refractivity (Wildman–Crippen MR) is 92.0 cm³/mol. The van der Waals surface area contributed by atoms with Gasteiger partial charge in [-0.15, -0.1) is 0 Å². The number of hydrogen-bond donors (Lipinski definition) is 0. The molecule has 1 atom stereocenters. The average Bonchev–Trinajstić information content (AvgIpc) is 3.35. The molecule has 1 aliphatic rings. The maximum absolute atomic E-state index is 12.8. The van der Waals surface area contributed by atoms with Crippen molar-refractivity contribution in [1.82, 2.24) is 29.7 Å². The van der Waals surface area contributed by atoms with Crippen molar-refractivity contribution in [2.75, 3.05) is 6.54 Å². The van der Waals surface area contributed by atoms with Gasteiger partial charge in [-0.3, -0.25) is 9.48 Å². The fraction of sp³-hybridized carbons (Fsp3) is 0.333. The van der Waals surface area contributed by atoms with Crippen LogP contribution in [-0.2, 0) is 18.3 Å². The molecule has 4 rings (SSSR count). The van der Waals surface area contributed by atoms with E-state index in [1.807, 2.05) is 54.7 Å². The average molecular weight is 336 g/mol. The number of carbonyl (C=O) groups is 1. The number of nitrogens with zero attached hydrogens (tertiary/aromatic N) is 6. The Hall–Kier alpha value is -2.96. The van der Waals surface area contributed by atoms with Crippen LogP contribution in [-0.4, -0.2) is 42.1 Å². The van der Waals surface area contributed by atoms with Crippen LogP contribution < -0.4 is 0 Å². The molecule has 0 spiro atoms. The molecule has 0 aliphatic carbocycles. The van der Waals surface area contributed by atoms with E-state index in [0.717, 1.165) is 30.6 Å². The first-order valence-corrected chi connectivity index (χ1v) is 8.45. The highest BCUT2D eigenvalue weighted by molar-refractivity contribution is 5.79. The largest absolute Gasteiger partial charge is 0.335 e. The Balaban J connectivity index is 1.47. The van der Waals surface area contributed by atoms with Gasteiger partial charge in [0.2, 0.25) is 5.91 Å². The highest BCUT2D eigenvalue weighted by Crippen LogP contribution is 2.31. The minimum atomic E-state index is 0.0893. The maximum atomic E-state index is 12.8. The summed E-state index contributed by atoms with van der Waals surface area (Å²) >= 11 is 0. The third kappa shape index (κ3) is 3.17. The first-order chi connectivity index (χ1) is 12.2. The van der Waals surface area contributed by atoms with Crippen molar-refractivity contribution in [1.29, 1.82) is 0 Å². The number of likely N-dealkylation sites (tertiary alicyclic amines) is 1. The summed E-state index contributed by atoms with van der Waals surface area (Å²) in [5, 5.41) is 12.9. The van der Waals surface area contributed by atoms with Crippen LogP contribution in [0.25, 0.3) is 5.69 Å². The van der Waals surface area contributed by atoms with Gasteiger partial charge in [-0.1, -0.05) is 18.2 Å². The Labute approximate surface area is 145 Å². The lowest BCUT2D eigenvalue weighted by Crippen LogP contribution is -2.31. The molecular weight excluding hydrogens is 316 g/mol. The van der Waals surface area contributed by atoms with Crippen LogP contribution in [0, 0.1) is 0 Å². The quantitative estimate of drug-likeness (QED) is 0.730. The molecule has 7 nitrogen and oxygen atoms in total. The van der Waals surface area contributed by atoms with Crippen LogP contribution in [0.4, 0.5) is 0 Å². The third-order valence-electron chi connectivity index (χ3n) is 4.54. The van der Waals surface area contributed by atoms with E-state index in [1.54, 1.807) is 15.7 Å². The molecule has 1 aromatic carbocycles. The van der Waals surface area contributed by atoms with Crippen molar-refractivity contribution in [3.63, 3.8) is 0 Å². The minimum Gasteiger partial charge on any atom is -0.335 e. The number of aryl methyl sites for hydroxylation is 1. The smallest absolute Gasteiger partial charge is 0.229 e. The molecule has 0 radical (unpaired) electrons.